The summed E-state index contributed by atoms with van der Waals surface area (Å²) in [6.07, 6.45) is 2.62. The molecule has 2 atom stereocenters. The Labute approximate surface area is 192 Å². The van der Waals surface area contributed by atoms with Gasteiger partial charge in [0.15, 0.2) is 0 Å². The van der Waals surface area contributed by atoms with E-state index in [9.17, 15) is 10.2 Å². The fraction of sp³-hybridized carbons (Fsp3) is 1.00. The lowest BCUT2D eigenvalue weighted by Crippen LogP contribution is -2.46. The molecule has 2 N–H and O–H groups in total. The molecule has 0 aliphatic rings. The molecule has 0 aromatic heterocycles. The Morgan fingerprint density at radius 2 is 1.32 bits per heavy atom. The second kappa shape index (κ2) is 12.9. The highest BCUT2D eigenvalue weighted by Gasteiger charge is 2.40. The Morgan fingerprint density at radius 1 is 0.806 bits per heavy atom. The van der Waals surface area contributed by atoms with E-state index in [0.717, 1.165) is 19.3 Å². The van der Waals surface area contributed by atoms with E-state index in [2.05, 4.69) is 74.1 Å². The molecule has 0 bridgehead atoms. The van der Waals surface area contributed by atoms with E-state index in [1.807, 2.05) is 0 Å². The zero-order valence-corrected chi connectivity index (χ0v) is 22.4. The maximum Gasteiger partial charge on any atom is 0.0678 e. The first-order valence-electron chi connectivity index (χ1n) is 11.8. The van der Waals surface area contributed by atoms with Crippen LogP contribution in [0.5, 0.6) is 0 Å². The van der Waals surface area contributed by atoms with Gasteiger partial charge < -0.3 is 24.4 Å². The van der Waals surface area contributed by atoms with Crippen molar-refractivity contribution in [2.24, 2.45) is 5.41 Å². The van der Waals surface area contributed by atoms with Crippen molar-refractivity contribution >= 4 is 0 Å². The Bertz CT molecular complexity index is 484. The van der Waals surface area contributed by atoms with Gasteiger partial charge in [-0.05, 0) is 80.1 Å². The Kier molecular flexibility index (Phi) is 12.8. The average Bonchev–Trinajstić information content (AvgIpc) is 2.59. The quantitative estimate of drug-likeness (QED) is 0.347. The lowest BCUT2D eigenvalue weighted by molar-refractivity contribution is -0.144. The van der Waals surface area contributed by atoms with Gasteiger partial charge >= 0.3 is 0 Å². The highest BCUT2D eigenvalue weighted by molar-refractivity contribution is 4.90. The molecule has 0 saturated heterocycles. The second-order valence-electron chi connectivity index (χ2n) is 11.4. The van der Waals surface area contributed by atoms with Crippen molar-refractivity contribution in [1.29, 1.82) is 0 Å². The molecule has 0 aliphatic heterocycles. The minimum absolute atomic E-state index is 0.0691. The highest BCUT2D eigenvalue weighted by atomic mass is 16.5. The van der Waals surface area contributed by atoms with Crippen molar-refractivity contribution in [2.75, 3.05) is 40.0 Å². The van der Waals surface area contributed by atoms with Crippen molar-refractivity contribution in [1.82, 2.24) is 4.90 Å². The van der Waals surface area contributed by atoms with E-state index >= 15 is 0 Å². The maximum absolute atomic E-state index is 9.31. The van der Waals surface area contributed by atoms with Crippen LogP contribution in [-0.2, 0) is 14.2 Å². The van der Waals surface area contributed by atoms with Gasteiger partial charge in [0.05, 0.1) is 42.7 Å². The van der Waals surface area contributed by atoms with Crippen molar-refractivity contribution in [3.05, 3.63) is 0 Å². The number of aliphatic hydroxyl groups is 2. The lowest BCUT2D eigenvalue weighted by Gasteiger charge is -2.44. The lowest BCUT2D eigenvalue weighted by atomic mass is 9.73. The van der Waals surface area contributed by atoms with Gasteiger partial charge in [-0.15, -0.1) is 0 Å². The van der Waals surface area contributed by atoms with Crippen LogP contribution in [0.2, 0.25) is 0 Å². The van der Waals surface area contributed by atoms with Gasteiger partial charge in [-0.1, -0.05) is 13.8 Å². The summed E-state index contributed by atoms with van der Waals surface area (Å²) in [5, 5.41) is 18.6. The molecular weight excluding hydrogens is 394 g/mol. The number of rotatable bonds is 17. The third kappa shape index (κ3) is 11.4. The standard InChI is InChI=1S/C25H53NO5/c1-20(26(13-15-27)14-16-28)18-24(7,8)31-21(2)19-22(3,4)25(9,10)30-17-12-23(5,6)29-11/h20-21,27-28H,12-19H2,1-11H3. The summed E-state index contributed by atoms with van der Waals surface area (Å²) < 4.78 is 18.3. The van der Waals surface area contributed by atoms with Crippen molar-refractivity contribution in [2.45, 2.75) is 117 Å². The normalized spacial score (nSPS) is 16.1. The summed E-state index contributed by atoms with van der Waals surface area (Å²) in [6, 6.07) is 0.207. The smallest absolute Gasteiger partial charge is 0.0678 e. The first-order valence-corrected chi connectivity index (χ1v) is 11.8. The molecule has 2 unspecified atom stereocenters. The number of aliphatic hydroxyl groups excluding tert-OH is 2. The van der Waals surface area contributed by atoms with Gasteiger partial charge in [-0.25, -0.2) is 0 Å². The van der Waals surface area contributed by atoms with Gasteiger partial charge in [-0.2, -0.15) is 0 Å². The molecule has 0 rings (SSSR count). The highest BCUT2D eigenvalue weighted by Crippen LogP contribution is 2.40. The molecule has 0 amide bonds. The molecule has 0 heterocycles. The summed E-state index contributed by atoms with van der Waals surface area (Å²) in [7, 11) is 1.74. The first-order chi connectivity index (χ1) is 14.0. The predicted molar refractivity (Wildman–Crippen MR) is 129 cm³/mol. The summed E-state index contributed by atoms with van der Waals surface area (Å²) >= 11 is 0. The van der Waals surface area contributed by atoms with Crippen molar-refractivity contribution < 1.29 is 24.4 Å². The fourth-order valence-electron chi connectivity index (χ4n) is 4.10. The van der Waals surface area contributed by atoms with Crippen LogP contribution in [0.15, 0.2) is 0 Å². The maximum atomic E-state index is 9.31. The summed E-state index contributed by atoms with van der Waals surface area (Å²) in [5.74, 6) is 0. The molecular formula is C25H53NO5. The Hall–Kier alpha value is -0.240. The van der Waals surface area contributed by atoms with E-state index in [1.54, 1.807) is 7.11 Å². The number of methoxy groups -OCH3 is 1. The van der Waals surface area contributed by atoms with Crippen LogP contribution in [0.4, 0.5) is 0 Å². The molecule has 31 heavy (non-hydrogen) atoms. The van der Waals surface area contributed by atoms with E-state index in [1.165, 1.54) is 0 Å². The summed E-state index contributed by atoms with van der Waals surface area (Å²) in [5.41, 5.74) is -0.876. The number of hydrogen-bond donors (Lipinski definition) is 2. The number of ether oxygens (including phenoxy) is 3. The minimum atomic E-state index is -0.314. The van der Waals surface area contributed by atoms with E-state index in [0.29, 0.717) is 19.7 Å². The topological polar surface area (TPSA) is 71.4 Å². The molecule has 0 radical (unpaired) electrons. The zero-order valence-electron chi connectivity index (χ0n) is 22.4. The van der Waals surface area contributed by atoms with Gasteiger partial charge in [0.2, 0.25) is 0 Å². The molecule has 0 saturated carbocycles. The number of hydrogen-bond acceptors (Lipinski definition) is 6. The van der Waals surface area contributed by atoms with Crippen LogP contribution in [-0.4, -0.2) is 84.1 Å². The zero-order chi connectivity index (χ0) is 24.5. The molecule has 6 nitrogen and oxygen atoms in total. The second-order valence-corrected chi connectivity index (χ2v) is 11.4. The predicted octanol–water partition coefficient (Wildman–Crippen LogP) is 4.26. The van der Waals surface area contributed by atoms with Crippen molar-refractivity contribution in [3.63, 3.8) is 0 Å². The van der Waals surface area contributed by atoms with E-state index in [4.69, 9.17) is 14.2 Å². The van der Waals surface area contributed by atoms with Crippen LogP contribution in [0.1, 0.15) is 88.5 Å². The molecule has 0 aromatic rings. The van der Waals surface area contributed by atoms with Crippen LogP contribution in [0.3, 0.4) is 0 Å². The summed E-state index contributed by atoms with van der Waals surface area (Å²) in [4.78, 5) is 2.11. The third-order valence-electron chi connectivity index (χ3n) is 6.85. The van der Waals surface area contributed by atoms with Crippen molar-refractivity contribution in [3.8, 4) is 0 Å². The van der Waals surface area contributed by atoms with E-state index in [-0.39, 0.29) is 47.6 Å². The largest absolute Gasteiger partial charge is 0.395 e. The molecule has 188 valence electrons. The van der Waals surface area contributed by atoms with Gasteiger partial charge in [-0.3, -0.25) is 4.90 Å². The van der Waals surface area contributed by atoms with Gasteiger partial charge in [0, 0.05) is 26.2 Å². The molecule has 0 spiro atoms. The molecule has 0 fully saturated rings. The SMILES string of the molecule is COC(C)(C)CCOC(C)(C)C(C)(C)CC(C)OC(C)(C)CC(C)N(CCO)CCO. The summed E-state index contributed by atoms with van der Waals surface area (Å²) in [6.45, 7) is 23.4. The molecule has 0 aliphatic carbocycles. The molecule has 6 heteroatoms. The Balaban J connectivity index is 4.88. The van der Waals surface area contributed by atoms with Gasteiger partial charge in [0.1, 0.15) is 0 Å². The monoisotopic (exact) mass is 447 g/mol. The average molecular weight is 448 g/mol. The first kappa shape index (κ1) is 30.8. The molecule has 0 aromatic carbocycles. The third-order valence-corrected chi connectivity index (χ3v) is 6.85. The van der Waals surface area contributed by atoms with Crippen LogP contribution >= 0.6 is 0 Å². The van der Waals surface area contributed by atoms with Gasteiger partial charge in [0.25, 0.3) is 0 Å². The minimum Gasteiger partial charge on any atom is -0.395 e. The van der Waals surface area contributed by atoms with E-state index < -0.39 is 0 Å². The van der Waals surface area contributed by atoms with Crippen LogP contribution < -0.4 is 0 Å². The number of nitrogens with zero attached hydrogens (tertiary/aromatic N) is 1. The van der Waals surface area contributed by atoms with Crippen LogP contribution in [0.25, 0.3) is 0 Å². The van der Waals surface area contributed by atoms with Crippen LogP contribution in [0, 0.1) is 5.41 Å². The Morgan fingerprint density at radius 3 is 1.77 bits per heavy atom. The fourth-order valence-corrected chi connectivity index (χ4v) is 4.10.